The Morgan fingerprint density at radius 3 is 2.50 bits per heavy atom. The molecule has 0 fully saturated rings. The molecule has 0 aliphatic carbocycles. The van der Waals surface area contributed by atoms with E-state index in [-0.39, 0.29) is 5.97 Å². The second-order valence-corrected chi connectivity index (χ2v) is 5.17. The minimum atomic E-state index is -0.353. The fraction of sp³-hybridized carbons (Fsp3) is 0.438. The van der Waals surface area contributed by atoms with Crippen molar-refractivity contribution in [2.45, 2.75) is 25.7 Å². The van der Waals surface area contributed by atoms with E-state index in [0.29, 0.717) is 0 Å². The SMILES string of the molecule is COC(=O)/C=C/c1ccc(OCCCCCCBr)cc1. The maximum atomic E-state index is 11.0. The molecule has 0 aromatic heterocycles. The highest BCUT2D eigenvalue weighted by atomic mass is 79.9. The number of benzene rings is 1. The molecule has 0 heterocycles. The molecule has 0 amide bonds. The van der Waals surface area contributed by atoms with Gasteiger partial charge in [0.2, 0.25) is 0 Å². The predicted octanol–water partition coefficient (Wildman–Crippen LogP) is 4.21. The van der Waals surface area contributed by atoms with Crippen molar-refractivity contribution in [3.8, 4) is 5.75 Å². The standard InChI is InChI=1S/C16H21BrO3/c1-19-16(18)11-8-14-6-9-15(10-7-14)20-13-5-3-2-4-12-17/h6-11H,2-5,12-13H2,1H3/b11-8+. The summed E-state index contributed by atoms with van der Waals surface area (Å²) in [6, 6.07) is 7.66. The van der Waals surface area contributed by atoms with Crippen LogP contribution in [-0.4, -0.2) is 25.0 Å². The maximum absolute atomic E-state index is 11.0. The molecule has 0 N–H and O–H groups in total. The third-order valence-corrected chi connectivity index (χ3v) is 3.35. The topological polar surface area (TPSA) is 35.5 Å². The number of alkyl halides is 1. The van der Waals surface area contributed by atoms with E-state index in [0.717, 1.165) is 29.7 Å². The fourth-order valence-corrected chi connectivity index (χ4v) is 2.04. The predicted molar refractivity (Wildman–Crippen MR) is 85.2 cm³/mol. The molecule has 0 spiro atoms. The van der Waals surface area contributed by atoms with Gasteiger partial charge in [-0.25, -0.2) is 4.79 Å². The van der Waals surface area contributed by atoms with Gasteiger partial charge in [0.05, 0.1) is 13.7 Å². The molecular weight excluding hydrogens is 320 g/mol. The summed E-state index contributed by atoms with van der Waals surface area (Å²) in [5, 5.41) is 1.08. The lowest BCUT2D eigenvalue weighted by Crippen LogP contribution is -1.97. The highest BCUT2D eigenvalue weighted by Crippen LogP contribution is 2.14. The van der Waals surface area contributed by atoms with E-state index < -0.39 is 0 Å². The van der Waals surface area contributed by atoms with Crippen LogP contribution in [0.1, 0.15) is 31.2 Å². The first-order chi connectivity index (χ1) is 9.76. The van der Waals surface area contributed by atoms with Crippen LogP contribution in [0.3, 0.4) is 0 Å². The molecule has 0 aliphatic rings. The summed E-state index contributed by atoms with van der Waals surface area (Å²) in [5.74, 6) is 0.509. The Hall–Kier alpha value is -1.29. The van der Waals surface area contributed by atoms with Crippen LogP contribution >= 0.6 is 15.9 Å². The Kier molecular flexibility index (Phi) is 8.79. The van der Waals surface area contributed by atoms with E-state index in [1.165, 1.54) is 32.4 Å². The number of ether oxygens (including phenoxy) is 2. The van der Waals surface area contributed by atoms with Gasteiger partial charge in [0.15, 0.2) is 0 Å². The summed E-state index contributed by atoms with van der Waals surface area (Å²) in [6.07, 6.45) is 7.87. The number of esters is 1. The lowest BCUT2D eigenvalue weighted by molar-refractivity contribution is -0.134. The summed E-state index contributed by atoms with van der Waals surface area (Å²) < 4.78 is 10.2. The number of halogens is 1. The molecule has 3 nitrogen and oxygen atoms in total. The number of carbonyl (C=O) groups is 1. The van der Waals surface area contributed by atoms with E-state index in [4.69, 9.17) is 4.74 Å². The van der Waals surface area contributed by atoms with Crippen molar-refractivity contribution in [3.63, 3.8) is 0 Å². The molecule has 4 heteroatoms. The van der Waals surface area contributed by atoms with E-state index in [1.807, 2.05) is 24.3 Å². The van der Waals surface area contributed by atoms with Crippen LogP contribution in [0.4, 0.5) is 0 Å². The zero-order valence-corrected chi connectivity index (χ0v) is 13.4. The molecule has 1 rings (SSSR count). The molecule has 1 aromatic rings. The van der Waals surface area contributed by atoms with Gasteiger partial charge in [-0.1, -0.05) is 40.9 Å². The van der Waals surface area contributed by atoms with Crippen molar-refractivity contribution in [1.82, 2.24) is 0 Å². The van der Waals surface area contributed by atoms with Crippen LogP contribution in [0.2, 0.25) is 0 Å². The smallest absolute Gasteiger partial charge is 0.330 e. The summed E-state index contributed by atoms with van der Waals surface area (Å²) in [5.41, 5.74) is 0.945. The highest BCUT2D eigenvalue weighted by molar-refractivity contribution is 9.09. The molecule has 0 unspecified atom stereocenters. The van der Waals surface area contributed by atoms with Crippen LogP contribution in [0.5, 0.6) is 5.75 Å². The first-order valence-corrected chi connectivity index (χ1v) is 7.93. The molecule has 0 atom stereocenters. The van der Waals surface area contributed by atoms with E-state index in [1.54, 1.807) is 6.08 Å². The second-order valence-electron chi connectivity index (χ2n) is 4.38. The molecule has 0 saturated heterocycles. The summed E-state index contributed by atoms with van der Waals surface area (Å²) in [7, 11) is 1.36. The van der Waals surface area contributed by atoms with Crippen molar-refractivity contribution >= 4 is 28.0 Å². The lowest BCUT2D eigenvalue weighted by atomic mass is 10.2. The molecule has 20 heavy (non-hydrogen) atoms. The van der Waals surface area contributed by atoms with Gasteiger partial charge in [-0.2, -0.15) is 0 Å². The van der Waals surface area contributed by atoms with Gasteiger partial charge in [0, 0.05) is 11.4 Å². The minimum Gasteiger partial charge on any atom is -0.494 e. The molecule has 1 aromatic carbocycles. The van der Waals surface area contributed by atoms with Gasteiger partial charge >= 0.3 is 5.97 Å². The molecule has 0 radical (unpaired) electrons. The quantitative estimate of drug-likeness (QED) is 0.292. The zero-order chi connectivity index (χ0) is 14.6. The molecule has 0 bridgehead atoms. The summed E-state index contributed by atoms with van der Waals surface area (Å²) >= 11 is 3.42. The average Bonchev–Trinajstić information content (AvgIpc) is 2.49. The normalized spacial score (nSPS) is 10.7. The average molecular weight is 341 g/mol. The molecule has 110 valence electrons. The Bertz CT molecular complexity index is 412. The fourth-order valence-electron chi connectivity index (χ4n) is 1.65. The number of carbonyl (C=O) groups excluding carboxylic acids is 1. The third kappa shape index (κ3) is 7.34. The van der Waals surface area contributed by atoms with Crippen LogP contribution in [0.15, 0.2) is 30.3 Å². The molecular formula is C16H21BrO3. The highest BCUT2D eigenvalue weighted by Gasteiger charge is 1.96. The van der Waals surface area contributed by atoms with Crippen LogP contribution in [0.25, 0.3) is 6.08 Å². The van der Waals surface area contributed by atoms with E-state index >= 15 is 0 Å². The van der Waals surface area contributed by atoms with Crippen molar-refractivity contribution in [1.29, 1.82) is 0 Å². The van der Waals surface area contributed by atoms with Crippen LogP contribution < -0.4 is 4.74 Å². The van der Waals surface area contributed by atoms with Gasteiger partial charge in [-0.15, -0.1) is 0 Å². The van der Waals surface area contributed by atoms with Gasteiger partial charge < -0.3 is 9.47 Å². The van der Waals surface area contributed by atoms with Gasteiger partial charge in [-0.05, 0) is 36.6 Å². The second kappa shape index (κ2) is 10.5. The summed E-state index contributed by atoms with van der Waals surface area (Å²) in [4.78, 5) is 11.0. The van der Waals surface area contributed by atoms with E-state index in [2.05, 4.69) is 20.7 Å². The number of hydrogen-bond acceptors (Lipinski definition) is 3. The van der Waals surface area contributed by atoms with Crippen LogP contribution in [0, 0.1) is 0 Å². The number of unbranched alkanes of at least 4 members (excludes halogenated alkanes) is 3. The van der Waals surface area contributed by atoms with Crippen molar-refractivity contribution in [3.05, 3.63) is 35.9 Å². The Morgan fingerprint density at radius 1 is 1.15 bits per heavy atom. The number of methoxy groups -OCH3 is 1. The first kappa shape index (κ1) is 16.8. The Labute approximate surface area is 129 Å². The molecule has 0 aliphatic heterocycles. The minimum absolute atomic E-state index is 0.353. The monoisotopic (exact) mass is 340 g/mol. The van der Waals surface area contributed by atoms with E-state index in [9.17, 15) is 4.79 Å². The van der Waals surface area contributed by atoms with Crippen molar-refractivity contribution < 1.29 is 14.3 Å². The first-order valence-electron chi connectivity index (χ1n) is 6.81. The molecule has 0 saturated carbocycles. The Balaban J connectivity index is 2.28. The number of hydrogen-bond donors (Lipinski definition) is 0. The largest absolute Gasteiger partial charge is 0.494 e. The third-order valence-electron chi connectivity index (χ3n) is 2.79. The number of rotatable bonds is 9. The lowest BCUT2D eigenvalue weighted by Gasteiger charge is -2.06. The van der Waals surface area contributed by atoms with Crippen LogP contribution in [-0.2, 0) is 9.53 Å². The van der Waals surface area contributed by atoms with Crippen molar-refractivity contribution in [2.24, 2.45) is 0 Å². The Morgan fingerprint density at radius 2 is 1.85 bits per heavy atom. The maximum Gasteiger partial charge on any atom is 0.330 e. The van der Waals surface area contributed by atoms with Gasteiger partial charge in [0.25, 0.3) is 0 Å². The van der Waals surface area contributed by atoms with Gasteiger partial charge in [-0.3, -0.25) is 0 Å². The zero-order valence-electron chi connectivity index (χ0n) is 11.8. The summed E-state index contributed by atoms with van der Waals surface area (Å²) in [6.45, 7) is 0.750. The van der Waals surface area contributed by atoms with Crippen molar-refractivity contribution in [2.75, 3.05) is 19.0 Å². The van der Waals surface area contributed by atoms with Gasteiger partial charge in [0.1, 0.15) is 5.75 Å².